The van der Waals surface area contributed by atoms with Gasteiger partial charge in [0.25, 0.3) is 10.0 Å². The Hall–Kier alpha value is -1.63. The van der Waals surface area contributed by atoms with Crippen LogP contribution in [0, 0.1) is 0 Å². The first-order valence-electron chi connectivity index (χ1n) is 5.75. The number of sulfonamides is 1. The zero-order chi connectivity index (χ0) is 15.6. The molecule has 0 radical (unpaired) electrons. The molecule has 0 aliphatic rings. The van der Waals surface area contributed by atoms with Crippen molar-refractivity contribution in [3.63, 3.8) is 0 Å². The average molecular weight is 347 g/mol. The summed E-state index contributed by atoms with van der Waals surface area (Å²) in [5.41, 5.74) is 6.09. The van der Waals surface area contributed by atoms with Crippen LogP contribution in [-0.2, 0) is 10.0 Å². The van der Waals surface area contributed by atoms with E-state index >= 15 is 0 Å². The number of nitrogens with one attached hydrogen (secondary N) is 1. The van der Waals surface area contributed by atoms with E-state index in [9.17, 15) is 8.42 Å². The minimum atomic E-state index is -3.83. The molecule has 0 spiro atoms. The Morgan fingerprint density at radius 1 is 1.14 bits per heavy atom. The molecular formula is C13H12Cl2N2O3S. The number of halogens is 2. The maximum absolute atomic E-state index is 12.3. The number of rotatable bonds is 4. The number of methoxy groups -OCH3 is 1. The monoisotopic (exact) mass is 346 g/mol. The molecule has 3 N–H and O–H groups in total. The van der Waals surface area contributed by atoms with Gasteiger partial charge in [-0.15, -0.1) is 0 Å². The predicted octanol–water partition coefficient (Wildman–Crippen LogP) is 3.39. The summed E-state index contributed by atoms with van der Waals surface area (Å²) in [7, 11) is -2.34. The first-order chi connectivity index (χ1) is 9.83. The van der Waals surface area contributed by atoms with E-state index < -0.39 is 10.0 Å². The van der Waals surface area contributed by atoms with Crippen LogP contribution < -0.4 is 15.2 Å². The van der Waals surface area contributed by atoms with Crippen molar-refractivity contribution in [2.75, 3.05) is 17.6 Å². The van der Waals surface area contributed by atoms with Gasteiger partial charge in [-0.25, -0.2) is 8.42 Å². The lowest BCUT2D eigenvalue weighted by atomic mass is 10.3. The smallest absolute Gasteiger partial charge is 0.262 e. The molecule has 2 rings (SSSR count). The SMILES string of the molecule is COc1cccc(NS(=O)(=O)c2cc(Cl)c(N)c(Cl)c2)c1. The second-order valence-electron chi connectivity index (χ2n) is 4.14. The van der Waals surface area contributed by atoms with Crippen LogP contribution in [0.5, 0.6) is 5.75 Å². The van der Waals surface area contributed by atoms with Crippen molar-refractivity contribution in [3.05, 3.63) is 46.4 Å². The summed E-state index contributed by atoms with van der Waals surface area (Å²) in [6.07, 6.45) is 0. The summed E-state index contributed by atoms with van der Waals surface area (Å²) in [5, 5.41) is 0.155. The van der Waals surface area contributed by atoms with Crippen molar-refractivity contribution >= 4 is 44.6 Å². The normalized spacial score (nSPS) is 11.2. The van der Waals surface area contributed by atoms with Crippen LogP contribution in [0.2, 0.25) is 10.0 Å². The quantitative estimate of drug-likeness (QED) is 0.831. The van der Waals surface area contributed by atoms with Gasteiger partial charge in [-0.3, -0.25) is 4.72 Å². The summed E-state index contributed by atoms with van der Waals surface area (Å²) in [4.78, 5) is -0.0745. The summed E-state index contributed by atoms with van der Waals surface area (Å²) < 4.78 is 32.1. The van der Waals surface area contributed by atoms with Crippen molar-refractivity contribution in [2.45, 2.75) is 4.90 Å². The molecular weight excluding hydrogens is 335 g/mol. The molecule has 0 unspecified atom stereocenters. The van der Waals surface area contributed by atoms with Crippen molar-refractivity contribution in [2.24, 2.45) is 0 Å². The van der Waals surface area contributed by atoms with Crippen molar-refractivity contribution in [3.8, 4) is 5.75 Å². The topological polar surface area (TPSA) is 81.4 Å². The maximum Gasteiger partial charge on any atom is 0.262 e. The maximum atomic E-state index is 12.3. The van der Waals surface area contributed by atoms with Gasteiger partial charge < -0.3 is 10.5 Å². The number of anilines is 2. The molecule has 0 atom stereocenters. The molecule has 0 saturated heterocycles. The van der Waals surface area contributed by atoms with E-state index in [1.54, 1.807) is 24.3 Å². The molecule has 21 heavy (non-hydrogen) atoms. The molecule has 5 nitrogen and oxygen atoms in total. The molecule has 8 heteroatoms. The minimum Gasteiger partial charge on any atom is -0.497 e. The van der Waals surface area contributed by atoms with Crippen LogP contribution in [0.4, 0.5) is 11.4 Å². The van der Waals surface area contributed by atoms with Gasteiger partial charge in [-0.2, -0.15) is 0 Å². The Kier molecular flexibility index (Phi) is 4.51. The molecule has 0 saturated carbocycles. The molecule has 0 aromatic heterocycles. The van der Waals surface area contributed by atoms with E-state index in [4.69, 9.17) is 33.7 Å². The molecule has 0 aliphatic carbocycles. The van der Waals surface area contributed by atoms with Crippen LogP contribution >= 0.6 is 23.2 Å². The highest BCUT2D eigenvalue weighted by Gasteiger charge is 2.18. The molecule has 0 bridgehead atoms. The van der Waals surface area contributed by atoms with E-state index in [0.717, 1.165) is 0 Å². The molecule has 2 aromatic carbocycles. The summed E-state index contributed by atoms with van der Waals surface area (Å²) in [6.45, 7) is 0. The molecule has 0 amide bonds. The highest BCUT2D eigenvalue weighted by molar-refractivity contribution is 7.92. The third kappa shape index (κ3) is 3.53. The highest BCUT2D eigenvalue weighted by atomic mass is 35.5. The average Bonchev–Trinajstić information content (AvgIpc) is 2.44. The van der Waals surface area contributed by atoms with Gasteiger partial charge in [0, 0.05) is 6.07 Å². The number of hydrogen-bond donors (Lipinski definition) is 2. The molecule has 2 aromatic rings. The zero-order valence-electron chi connectivity index (χ0n) is 10.9. The van der Waals surface area contributed by atoms with Gasteiger partial charge in [0.2, 0.25) is 0 Å². The number of ether oxygens (including phenoxy) is 1. The summed E-state index contributed by atoms with van der Waals surface area (Å²) in [5.74, 6) is 0.531. The fraction of sp³-hybridized carbons (Fsp3) is 0.0769. The van der Waals surface area contributed by atoms with Crippen molar-refractivity contribution in [1.82, 2.24) is 0 Å². The Morgan fingerprint density at radius 2 is 1.76 bits per heavy atom. The number of benzene rings is 2. The minimum absolute atomic E-state index is 0.0745. The van der Waals surface area contributed by atoms with Gasteiger partial charge in [0.05, 0.1) is 33.4 Å². The van der Waals surface area contributed by atoms with E-state index in [1.807, 2.05) is 0 Å². The third-order valence-electron chi connectivity index (χ3n) is 2.68. The van der Waals surface area contributed by atoms with E-state index in [2.05, 4.69) is 4.72 Å². The van der Waals surface area contributed by atoms with Crippen LogP contribution in [0.3, 0.4) is 0 Å². The summed E-state index contributed by atoms with van der Waals surface area (Å²) in [6, 6.07) is 9.00. The molecule has 0 heterocycles. The van der Waals surface area contributed by atoms with Crippen molar-refractivity contribution < 1.29 is 13.2 Å². The highest BCUT2D eigenvalue weighted by Crippen LogP contribution is 2.31. The lowest BCUT2D eigenvalue weighted by Gasteiger charge is -2.11. The Labute approximate surface area is 132 Å². The lowest BCUT2D eigenvalue weighted by Crippen LogP contribution is -2.13. The molecule has 0 fully saturated rings. The summed E-state index contributed by atoms with van der Waals surface area (Å²) >= 11 is 11.7. The predicted molar refractivity (Wildman–Crippen MR) is 84.7 cm³/mol. The fourth-order valence-corrected chi connectivity index (χ4v) is 3.33. The first-order valence-corrected chi connectivity index (χ1v) is 7.99. The van der Waals surface area contributed by atoms with Crippen LogP contribution in [0.1, 0.15) is 0 Å². The van der Waals surface area contributed by atoms with Crippen LogP contribution in [0.15, 0.2) is 41.3 Å². The lowest BCUT2D eigenvalue weighted by molar-refractivity contribution is 0.415. The number of hydrogen-bond acceptors (Lipinski definition) is 4. The molecule has 0 aliphatic heterocycles. The standard InChI is InChI=1S/C13H12Cl2N2O3S/c1-20-9-4-2-3-8(5-9)17-21(18,19)10-6-11(14)13(16)12(15)7-10/h2-7,17H,16H2,1H3. The van der Waals surface area contributed by atoms with Gasteiger partial charge in [0.1, 0.15) is 5.75 Å². The number of nitrogens with two attached hydrogens (primary N) is 1. The van der Waals surface area contributed by atoms with E-state index in [1.165, 1.54) is 19.2 Å². The fourth-order valence-electron chi connectivity index (χ4n) is 1.62. The number of nitrogen functional groups attached to an aromatic ring is 1. The van der Waals surface area contributed by atoms with E-state index in [-0.39, 0.29) is 20.6 Å². The van der Waals surface area contributed by atoms with Crippen molar-refractivity contribution in [1.29, 1.82) is 0 Å². The largest absolute Gasteiger partial charge is 0.497 e. The van der Waals surface area contributed by atoms with Crippen LogP contribution in [0.25, 0.3) is 0 Å². The zero-order valence-corrected chi connectivity index (χ0v) is 13.3. The third-order valence-corrected chi connectivity index (χ3v) is 4.67. The second-order valence-corrected chi connectivity index (χ2v) is 6.63. The van der Waals surface area contributed by atoms with E-state index in [0.29, 0.717) is 11.4 Å². The molecule has 112 valence electrons. The van der Waals surface area contributed by atoms with Gasteiger partial charge in [-0.05, 0) is 24.3 Å². The Balaban J connectivity index is 2.38. The van der Waals surface area contributed by atoms with Gasteiger partial charge in [0.15, 0.2) is 0 Å². The Bertz CT molecular complexity index is 756. The first kappa shape index (κ1) is 15.8. The Morgan fingerprint density at radius 3 is 2.33 bits per heavy atom. The van der Waals surface area contributed by atoms with Gasteiger partial charge in [-0.1, -0.05) is 29.3 Å². The second kappa shape index (κ2) is 6.01. The van der Waals surface area contributed by atoms with Crippen LogP contribution in [-0.4, -0.2) is 15.5 Å². The van der Waals surface area contributed by atoms with Gasteiger partial charge >= 0.3 is 0 Å².